The molecule has 0 aromatic carbocycles. The van der Waals surface area contributed by atoms with Gasteiger partial charge in [0, 0.05) is 12.6 Å². The highest BCUT2D eigenvalue weighted by Crippen LogP contribution is 2.50. The Balaban J connectivity index is 1.69. The van der Waals surface area contributed by atoms with E-state index in [0.717, 1.165) is 12.1 Å². The van der Waals surface area contributed by atoms with Crippen LogP contribution in [0, 0.1) is 5.92 Å². The molecule has 2 aliphatic rings. The van der Waals surface area contributed by atoms with Gasteiger partial charge in [-0.15, -0.1) is 0 Å². The lowest BCUT2D eigenvalue weighted by atomic mass is 9.81. The van der Waals surface area contributed by atoms with Gasteiger partial charge in [0.25, 0.3) is 0 Å². The molecule has 0 unspecified atom stereocenters. The minimum absolute atomic E-state index is 0.113. The first-order chi connectivity index (χ1) is 9.04. The van der Waals surface area contributed by atoms with Gasteiger partial charge in [0.1, 0.15) is 5.60 Å². The van der Waals surface area contributed by atoms with Crippen LogP contribution >= 0.6 is 0 Å². The van der Waals surface area contributed by atoms with Crippen molar-refractivity contribution in [1.29, 1.82) is 0 Å². The monoisotopic (exact) mass is 259 g/mol. The zero-order chi connectivity index (χ0) is 13.5. The molecule has 3 atom stereocenters. The first-order valence-corrected chi connectivity index (χ1v) is 6.96. The number of fused-ring (bicyclic) bond motifs is 2. The van der Waals surface area contributed by atoms with E-state index in [1.807, 2.05) is 18.2 Å². The summed E-state index contributed by atoms with van der Waals surface area (Å²) >= 11 is 0. The fourth-order valence-corrected chi connectivity index (χ4v) is 3.00. The van der Waals surface area contributed by atoms with Crippen molar-refractivity contribution < 1.29 is 9.47 Å². The van der Waals surface area contributed by atoms with Crippen molar-refractivity contribution in [3.63, 3.8) is 0 Å². The summed E-state index contributed by atoms with van der Waals surface area (Å²) in [6.07, 6.45) is 7.23. The van der Waals surface area contributed by atoms with E-state index in [9.17, 15) is 0 Å². The number of rotatable bonds is 4. The van der Waals surface area contributed by atoms with Crippen LogP contribution in [0.25, 0.3) is 0 Å². The Hall–Kier alpha value is -1.19. The first-order valence-electron chi connectivity index (χ1n) is 6.96. The van der Waals surface area contributed by atoms with Gasteiger partial charge in [-0.25, -0.2) is 0 Å². The maximum absolute atomic E-state index is 6.25. The zero-order valence-corrected chi connectivity index (χ0v) is 11.8. The smallest absolute Gasteiger partial charge is 0.111 e. The van der Waals surface area contributed by atoms with Crippen molar-refractivity contribution in [3.8, 4) is 0 Å². The lowest BCUT2D eigenvalue weighted by molar-refractivity contribution is -0.0823. The van der Waals surface area contributed by atoms with Crippen molar-refractivity contribution in [1.82, 2.24) is 4.98 Å². The molecule has 3 rings (SSSR count). The van der Waals surface area contributed by atoms with Crippen LogP contribution in [0.3, 0.4) is 0 Å². The molecule has 0 radical (unpaired) electrons. The van der Waals surface area contributed by atoms with Gasteiger partial charge < -0.3 is 9.47 Å². The Kier molecular flexibility index (Phi) is 2.99. The largest absolute Gasteiger partial charge is 0.368 e. The molecule has 0 aliphatic carbocycles. The van der Waals surface area contributed by atoms with Crippen LogP contribution in [0.1, 0.15) is 32.9 Å². The molecule has 0 spiro atoms. The standard InChI is InChI=1S/C16H21NO2/c1-12(2)16-8-7-15(3,19-16)14(10-16)18-11-13-6-4-5-9-17-13/h4-9,12,14H,10-11H2,1-3H3/t14-,15+,16-/m1/s1. The number of nitrogens with zero attached hydrogens (tertiary/aromatic N) is 1. The third-order valence-electron chi connectivity index (χ3n) is 4.39. The SMILES string of the molecule is CC(C)[C@]12C=C[C@](C)(O1)[C@H](OCc1ccccn1)C2. The molecule has 1 aromatic heterocycles. The lowest BCUT2D eigenvalue weighted by Gasteiger charge is -2.27. The minimum Gasteiger partial charge on any atom is -0.368 e. The molecule has 2 aliphatic heterocycles. The first kappa shape index (κ1) is 12.8. The number of ether oxygens (including phenoxy) is 2. The molecule has 102 valence electrons. The van der Waals surface area contributed by atoms with Gasteiger partial charge in [-0.1, -0.05) is 32.1 Å². The molecule has 19 heavy (non-hydrogen) atoms. The van der Waals surface area contributed by atoms with Gasteiger partial charge in [0.2, 0.25) is 0 Å². The van der Waals surface area contributed by atoms with Crippen LogP contribution < -0.4 is 0 Å². The summed E-state index contributed by atoms with van der Waals surface area (Å²) in [6, 6.07) is 5.90. The van der Waals surface area contributed by atoms with Crippen LogP contribution in [-0.4, -0.2) is 22.3 Å². The number of pyridine rings is 1. The summed E-state index contributed by atoms with van der Waals surface area (Å²) in [5.41, 5.74) is 0.555. The van der Waals surface area contributed by atoms with Gasteiger partial charge in [-0.2, -0.15) is 0 Å². The van der Waals surface area contributed by atoms with Gasteiger partial charge in [0.15, 0.2) is 0 Å². The van der Waals surface area contributed by atoms with Crippen LogP contribution in [0.2, 0.25) is 0 Å². The fraction of sp³-hybridized carbons (Fsp3) is 0.562. The Morgan fingerprint density at radius 1 is 1.42 bits per heavy atom. The third-order valence-corrected chi connectivity index (χ3v) is 4.39. The van der Waals surface area contributed by atoms with Crippen molar-refractivity contribution in [2.45, 2.75) is 51.1 Å². The average molecular weight is 259 g/mol. The summed E-state index contributed by atoms with van der Waals surface area (Å²) in [4.78, 5) is 4.29. The van der Waals surface area contributed by atoms with Crippen molar-refractivity contribution in [3.05, 3.63) is 42.2 Å². The molecule has 1 saturated heterocycles. The quantitative estimate of drug-likeness (QED) is 0.779. The van der Waals surface area contributed by atoms with E-state index in [-0.39, 0.29) is 17.3 Å². The van der Waals surface area contributed by atoms with E-state index in [1.54, 1.807) is 6.20 Å². The summed E-state index contributed by atoms with van der Waals surface area (Å²) < 4.78 is 12.3. The molecule has 3 heteroatoms. The Morgan fingerprint density at radius 3 is 2.89 bits per heavy atom. The Labute approximate surface area is 114 Å². The molecular formula is C16H21NO2. The molecular weight excluding hydrogens is 238 g/mol. The molecule has 2 bridgehead atoms. The molecule has 0 N–H and O–H groups in total. The van der Waals surface area contributed by atoms with Crippen LogP contribution in [0.15, 0.2) is 36.5 Å². The molecule has 3 nitrogen and oxygen atoms in total. The molecule has 0 amide bonds. The summed E-state index contributed by atoms with van der Waals surface area (Å²) in [6.45, 7) is 7.07. The number of hydrogen-bond donors (Lipinski definition) is 0. The molecule has 3 heterocycles. The van der Waals surface area contributed by atoms with E-state index < -0.39 is 0 Å². The summed E-state index contributed by atoms with van der Waals surface area (Å²) in [5, 5.41) is 0. The van der Waals surface area contributed by atoms with E-state index >= 15 is 0 Å². The second-order valence-electron chi connectivity index (χ2n) is 6.05. The predicted molar refractivity (Wildman–Crippen MR) is 73.6 cm³/mol. The summed E-state index contributed by atoms with van der Waals surface area (Å²) in [7, 11) is 0. The van der Waals surface area contributed by atoms with Gasteiger partial charge >= 0.3 is 0 Å². The highest BCUT2D eigenvalue weighted by Gasteiger charge is 2.57. The van der Waals surface area contributed by atoms with E-state index in [1.165, 1.54) is 0 Å². The highest BCUT2D eigenvalue weighted by atomic mass is 16.6. The van der Waals surface area contributed by atoms with E-state index in [2.05, 4.69) is 37.9 Å². The topological polar surface area (TPSA) is 31.4 Å². The highest BCUT2D eigenvalue weighted by molar-refractivity contribution is 5.27. The average Bonchev–Trinajstić information content (AvgIpc) is 2.90. The zero-order valence-electron chi connectivity index (χ0n) is 11.8. The second kappa shape index (κ2) is 4.43. The third kappa shape index (κ3) is 2.11. The maximum atomic E-state index is 6.25. The minimum atomic E-state index is -0.279. The molecule has 1 aromatic rings. The van der Waals surface area contributed by atoms with Crippen molar-refractivity contribution in [2.24, 2.45) is 5.92 Å². The molecule has 0 saturated carbocycles. The number of hydrogen-bond acceptors (Lipinski definition) is 3. The normalized spacial score (nSPS) is 36.3. The maximum Gasteiger partial charge on any atom is 0.111 e. The van der Waals surface area contributed by atoms with E-state index in [4.69, 9.17) is 9.47 Å². The van der Waals surface area contributed by atoms with Crippen LogP contribution in [-0.2, 0) is 16.1 Å². The summed E-state index contributed by atoms with van der Waals surface area (Å²) in [5.74, 6) is 0.467. The second-order valence-corrected chi connectivity index (χ2v) is 6.05. The van der Waals surface area contributed by atoms with Crippen LogP contribution in [0.5, 0.6) is 0 Å². The Morgan fingerprint density at radius 2 is 2.26 bits per heavy atom. The lowest BCUT2D eigenvalue weighted by Crippen LogP contribution is -2.35. The van der Waals surface area contributed by atoms with Gasteiger partial charge in [-0.3, -0.25) is 4.98 Å². The van der Waals surface area contributed by atoms with Crippen molar-refractivity contribution in [2.75, 3.05) is 0 Å². The van der Waals surface area contributed by atoms with Crippen LogP contribution in [0.4, 0.5) is 0 Å². The number of aromatic nitrogens is 1. The fourth-order valence-electron chi connectivity index (χ4n) is 3.00. The Bertz CT molecular complexity index is 485. The van der Waals surface area contributed by atoms with Gasteiger partial charge in [-0.05, 0) is 25.0 Å². The van der Waals surface area contributed by atoms with Crippen molar-refractivity contribution >= 4 is 0 Å². The van der Waals surface area contributed by atoms with E-state index in [0.29, 0.717) is 12.5 Å². The van der Waals surface area contributed by atoms with Gasteiger partial charge in [0.05, 0.1) is 24.0 Å². The molecule has 1 fully saturated rings. The predicted octanol–water partition coefficient (Wildman–Crippen LogP) is 3.11.